The smallest absolute Gasteiger partial charge is 0.309 e. The summed E-state index contributed by atoms with van der Waals surface area (Å²) >= 11 is 1.55. The van der Waals surface area contributed by atoms with E-state index in [1.165, 1.54) is 0 Å². The summed E-state index contributed by atoms with van der Waals surface area (Å²) in [5.74, 6) is -1.22. The second-order valence-electron chi connectivity index (χ2n) is 7.20. The molecule has 2 amide bonds. The predicted octanol–water partition coefficient (Wildman–Crippen LogP) is 2.71. The maximum absolute atomic E-state index is 12.4. The summed E-state index contributed by atoms with van der Waals surface area (Å²) in [5.41, 5.74) is 1.15. The Bertz CT molecular complexity index is 995. The largest absolute Gasteiger partial charge is 0.379 e. The summed E-state index contributed by atoms with van der Waals surface area (Å²) in [4.78, 5) is 28.0. The molecule has 0 saturated carbocycles. The van der Waals surface area contributed by atoms with Gasteiger partial charge in [0, 0.05) is 24.5 Å². The van der Waals surface area contributed by atoms with E-state index in [-0.39, 0.29) is 6.04 Å². The van der Waals surface area contributed by atoms with E-state index in [1.54, 1.807) is 11.3 Å². The van der Waals surface area contributed by atoms with E-state index in [1.807, 2.05) is 35.7 Å². The van der Waals surface area contributed by atoms with E-state index >= 15 is 0 Å². The number of thiophene rings is 1. The monoisotopic (exact) mass is 423 g/mol. The predicted molar refractivity (Wildman–Crippen MR) is 118 cm³/mol. The molecular weight excluding hydrogens is 398 g/mol. The van der Waals surface area contributed by atoms with Crippen molar-refractivity contribution in [1.82, 2.24) is 15.5 Å². The molecule has 2 heterocycles. The van der Waals surface area contributed by atoms with Gasteiger partial charge in [0.1, 0.15) is 0 Å². The summed E-state index contributed by atoms with van der Waals surface area (Å²) in [6.45, 7) is 3.62. The van der Waals surface area contributed by atoms with Crippen LogP contribution in [0.15, 0.2) is 60.0 Å². The number of carbonyl (C=O) groups excluding carboxylic acids is 2. The van der Waals surface area contributed by atoms with E-state index in [2.05, 4.69) is 39.8 Å². The van der Waals surface area contributed by atoms with Gasteiger partial charge in [-0.3, -0.25) is 14.5 Å². The van der Waals surface area contributed by atoms with Crippen molar-refractivity contribution in [1.29, 1.82) is 0 Å². The summed E-state index contributed by atoms with van der Waals surface area (Å²) in [6.07, 6.45) is 0. The first-order valence-electron chi connectivity index (χ1n) is 10.1. The minimum Gasteiger partial charge on any atom is -0.379 e. The van der Waals surface area contributed by atoms with E-state index in [0.717, 1.165) is 34.3 Å². The number of morpholine rings is 1. The molecular formula is C23H25N3O3S. The number of rotatable bonds is 6. The Morgan fingerprint density at radius 2 is 1.73 bits per heavy atom. The zero-order valence-electron chi connectivity index (χ0n) is 16.7. The van der Waals surface area contributed by atoms with Crippen LogP contribution in [-0.2, 0) is 20.9 Å². The summed E-state index contributed by atoms with van der Waals surface area (Å²) < 4.78 is 5.51. The van der Waals surface area contributed by atoms with Gasteiger partial charge in [0.2, 0.25) is 0 Å². The molecule has 30 heavy (non-hydrogen) atoms. The third-order valence-corrected chi connectivity index (χ3v) is 6.21. The van der Waals surface area contributed by atoms with Crippen LogP contribution in [0, 0.1) is 0 Å². The highest BCUT2D eigenvalue weighted by atomic mass is 32.1. The molecule has 1 saturated heterocycles. The normalized spacial score (nSPS) is 15.6. The van der Waals surface area contributed by atoms with E-state index in [0.29, 0.717) is 26.3 Å². The van der Waals surface area contributed by atoms with Crippen LogP contribution in [0.4, 0.5) is 0 Å². The molecule has 2 N–H and O–H groups in total. The molecule has 1 atom stereocenters. The Kier molecular flexibility index (Phi) is 6.74. The molecule has 0 aliphatic carbocycles. The van der Waals surface area contributed by atoms with Crippen molar-refractivity contribution < 1.29 is 14.3 Å². The molecule has 4 rings (SSSR count). The maximum Gasteiger partial charge on any atom is 0.309 e. The average Bonchev–Trinajstić information content (AvgIpc) is 3.32. The number of nitrogens with one attached hydrogen (secondary N) is 2. The fourth-order valence-electron chi connectivity index (χ4n) is 3.80. The molecule has 156 valence electrons. The first-order valence-corrected chi connectivity index (χ1v) is 11.0. The standard InChI is InChI=1S/C23H25N3O3S/c27-22(24-15-18-7-4-14-30-18)23(28)25-16-21(26-10-12-29-13-11-26)20-9-3-6-17-5-1-2-8-19(17)20/h1-9,14,21H,10-13,15-16H2,(H,24,27)(H,25,28). The lowest BCUT2D eigenvalue weighted by atomic mass is 9.97. The Morgan fingerprint density at radius 3 is 2.53 bits per heavy atom. The van der Waals surface area contributed by atoms with Crippen molar-refractivity contribution in [3.63, 3.8) is 0 Å². The Labute approximate surface area is 179 Å². The Hall–Kier alpha value is -2.74. The molecule has 2 aromatic carbocycles. The van der Waals surface area contributed by atoms with Crippen molar-refractivity contribution in [2.75, 3.05) is 32.8 Å². The van der Waals surface area contributed by atoms with Crippen LogP contribution in [0.1, 0.15) is 16.5 Å². The second kappa shape index (κ2) is 9.84. The van der Waals surface area contributed by atoms with Gasteiger partial charge >= 0.3 is 11.8 Å². The number of nitrogens with zero attached hydrogens (tertiary/aromatic N) is 1. The van der Waals surface area contributed by atoms with Crippen LogP contribution >= 0.6 is 11.3 Å². The number of fused-ring (bicyclic) bond motifs is 1. The van der Waals surface area contributed by atoms with Gasteiger partial charge in [0.05, 0.1) is 25.8 Å². The minimum atomic E-state index is -0.609. The molecule has 1 fully saturated rings. The van der Waals surface area contributed by atoms with Crippen molar-refractivity contribution in [2.45, 2.75) is 12.6 Å². The van der Waals surface area contributed by atoms with Gasteiger partial charge < -0.3 is 15.4 Å². The third kappa shape index (κ3) is 4.87. The Morgan fingerprint density at radius 1 is 0.967 bits per heavy atom. The first kappa shape index (κ1) is 20.5. The number of amides is 2. The van der Waals surface area contributed by atoms with E-state index in [4.69, 9.17) is 4.74 Å². The molecule has 1 aliphatic heterocycles. The van der Waals surface area contributed by atoms with Gasteiger partial charge in [-0.15, -0.1) is 11.3 Å². The third-order valence-electron chi connectivity index (χ3n) is 5.33. The molecule has 0 spiro atoms. The molecule has 1 aromatic heterocycles. The van der Waals surface area contributed by atoms with Crippen molar-refractivity contribution in [3.8, 4) is 0 Å². The zero-order valence-corrected chi connectivity index (χ0v) is 17.5. The maximum atomic E-state index is 12.4. The number of hydrogen-bond donors (Lipinski definition) is 2. The molecule has 0 radical (unpaired) electrons. The summed E-state index contributed by atoms with van der Waals surface area (Å²) in [6, 6.07) is 18.3. The molecule has 3 aromatic rings. The average molecular weight is 424 g/mol. The minimum absolute atomic E-state index is 0.0333. The van der Waals surface area contributed by atoms with Crippen LogP contribution < -0.4 is 10.6 Å². The molecule has 6 nitrogen and oxygen atoms in total. The van der Waals surface area contributed by atoms with E-state index < -0.39 is 11.8 Å². The van der Waals surface area contributed by atoms with Gasteiger partial charge in [-0.2, -0.15) is 0 Å². The number of ether oxygens (including phenoxy) is 1. The molecule has 1 aliphatic rings. The second-order valence-corrected chi connectivity index (χ2v) is 8.24. The van der Waals surface area contributed by atoms with Gasteiger partial charge in [-0.1, -0.05) is 48.5 Å². The van der Waals surface area contributed by atoms with Crippen LogP contribution in [0.5, 0.6) is 0 Å². The van der Waals surface area contributed by atoms with Crippen LogP contribution in [0.2, 0.25) is 0 Å². The first-order chi connectivity index (χ1) is 14.7. The molecule has 0 bridgehead atoms. The highest BCUT2D eigenvalue weighted by Crippen LogP contribution is 2.28. The van der Waals surface area contributed by atoms with Gasteiger partial charge in [0.15, 0.2) is 0 Å². The van der Waals surface area contributed by atoms with Crippen molar-refractivity contribution in [2.24, 2.45) is 0 Å². The summed E-state index contributed by atoms with van der Waals surface area (Å²) in [5, 5.41) is 9.79. The van der Waals surface area contributed by atoms with Crippen LogP contribution in [0.25, 0.3) is 10.8 Å². The Balaban J connectivity index is 1.47. The topological polar surface area (TPSA) is 70.7 Å². The fourth-order valence-corrected chi connectivity index (χ4v) is 4.44. The number of hydrogen-bond acceptors (Lipinski definition) is 5. The molecule has 1 unspecified atom stereocenters. The number of carbonyl (C=O) groups is 2. The highest BCUT2D eigenvalue weighted by molar-refractivity contribution is 7.09. The highest BCUT2D eigenvalue weighted by Gasteiger charge is 2.25. The fraction of sp³-hybridized carbons (Fsp3) is 0.304. The zero-order chi connectivity index (χ0) is 20.8. The van der Waals surface area contributed by atoms with Gasteiger partial charge in [-0.25, -0.2) is 0 Å². The lowest BCUT2D eigenvalue weighted by Crippen LogP contribution is -2.46. The van der Waals surface area contributed by atoms with Gasteiger partial charge in [0.25, 0.3) is 0 Å². The van der Waals surface area contributed by atoms with Crippen LogP contribution in [-0.4, -0.2) is 49.6 Å². The molecule has 7 heteroatoms. The lowest BCUT2D eigenvalue weighted by Gasteiger charge is -2.35. The quantitative estimate of drug-likeness (QED) is 0.598. The van der Waals surface area contributed by atoms with E-state index in [9.17, 15) is 9.59 Å². The van der Waals surface area contributed by atoms with Crippen molar-refractivity contribution >= 4 is 33.9 Å². The van der Waals surface area contributed by atoms with Crippen LogP contribution in [0.3, 0.4) is 0 Å². The lowest BCUT2D eigenvalue weighted by molar-refractivity contribution is -0.139. The summed E-state index contributed by atoms with van der Waals surface area (Å²) in [7, 11) is 0. The van der Waals surface area contributed by atoms with Gasteiger partial charge in [-0.05, 0) is 27.8 Å². The SMILES string of the molecule is O=C(NCc1cccs1)C(=O)NCC(c1cccc2ccccc12)N1CCOCC1. The number of benzene rings is 2. The van der Waals surface area contributed by atoms with Crippen molar-refractivity contribution in [3.05, 3.63) is 70.4 Å².